The molecule has 0 N–H and O–H groups in total. The predicted molar refractivity (Wildman–Crippen MR) is 67.2 cm³/mol. The fraction of sp³-hybridized carbons (Fsp3) is 0.231. The molecule has 0 radical (unpaired) electrons. The van der Waals surface area contributed by atoms with Crippen LogP contribution in [0.3, 0.4) is 0 Å². The van der Waals surface area contributed by atoms with Gasteiger partial charge in [-0.05, 0) is 12.1 Å². The molecule has 0 saturated carbocycles. The molecule has 1 rings (SSSR count). The Labute approximate surface area is 101 Å². The summed E-state index contributed by atoms with van der Waals surface area (Å²) in [4.78, 5) is 15.2. The lowest BCUT2D eigenvalue weighted by Crippen LogP contribution is -2.28. The summed E-state index contributed by atoms with van der Waals surface area (Å²) < 4.78 is 0. The first-order valence-corrected chi connectivity index (χ1v) is 5.17. The maximum absolute atomic E-state index is 12.0. The van der Waals surface area contributed by atoms with Crippen LogP contribution in [0.25, 0.3) is 0 Å². The summed E-state index contributed by atoms with van der Waals surface area (Å²) in [5.41, 5.74) is 0.874. The van der Waals surface area contributed by atoms with Crippen molar-refractivity contribution in [2.75, 3.05) is 26.0 Å². The molecule has 17 heavy (non-hydrogen) atoms. The van der Waals surface area contributed by atoms with Gasteiger partial charge in [0.1, 0.15) is 11.6 Å². The maximum Gasteiger partial charge on any atom is 0.270 e. The first-order valence-electron chi connectivity index (χ1n) is 5.17. The van der Waals surface area contributed by atoms with Crippen LogP contribution in [-0.4, -0.2) is 32.0 Å². The highest BCUT2D eigenvalue weighted by molar-refractivity contribution is 6.07. The Morgan fingerprint density at radius 2 is 1.82 bits per heavy atom. The molecule has 0 aliphatic carbocycles. The number of hydrogen-bond acceptors (Lipinski definition) is 3. The van der Waals surface area contributed by atoms with Crippen LogP contribution in [-0.2, 0) is 4.79 Å². The first-order chi connectivity index (χ1) is 8.06. The largest absolute Gasteiger partial charge is 0.382 e. The third kappa shape index (κ3) is 3.35. The van der Waals surface area contributed by atoms with E-state index in [1.807, 2.05) is 36.4 Å². The zero-order valence-corrected chi connectivity index (χ0v) is 10.2. The van der Waals surface area contributed by atoms with E-state index in [9.17, 15) is 4.79 Å². The van der Waals surface area contributed by atoms with Crippen molar-refractivity contribution in [3.05, 3.63) is 42.1 Å². The number of carbonyl (C=O) groups excluding carboxylic acids is 1. The van der Waals surface area contributed by atoms with E-state index in [1.165, 1.54) is 11.1 Å². The fourth-order valence-electron chi connectivity index (χ4n) is 1.34. The summed E-state index contributed by atoms with van der Waals surface area (Å²) in [5.74, 6) is -0.313. The third-order valence-electron chi connectivity index (χ3n) is 2.19. The highest BCUT2D eigenvalue weighted by atomic mass is 16.2. The SMILES string of the molecule is CN(C)/C=C(\C#N)C(=O)N(C)c1ccccc1. The predicted octanol–water partition coefficient (Wildman–Crippen LogP) is 1.62. The topological polar surface area (TPSA) is 47.3 Å². The quantitative estimate of drug-likeness (QED) is 0.584. The molecule has 0 fully saturated rings. The molecule has 0 heterocycles. The lowest BCUT2D eigenvalue weighted by Gasteiger charge is -2.17. The number of nitrogens with zero attached hydrogens (tertiary/aromatic N) is 3. The van der Waals surface area contributed by atoms with Gasteiger partial charge >= 0.3 is 0 Å². The molecule has 0 saturated heterocycles. The van der Waals surface area contributed by atoms with Crippen molar-refractivity contribution < 1.29 is 4.79 Å². The van der Waals surface area contributed by atoms with Gasteiger partial charge in [-0.2, -0.15) is 5.26 Å². The summed E-state index contributed by atoms with van der Waals surface area (Å²) in [7, 11) is 5.19. The lowest BCUT2D eigenvalue weighted by molar-refractivity contribution is -0.114. The molecular formula is C13H15N3O. The Balaban J connectivity index is 2.95. The second-order valence-corrected chi connectivity index (χ2v) is 3.82. The van der Waals surface area contributed by atoms with Crippen molar-refractivity contribution in [1.82, 2.24) is 4.90 Å². The van der Waals surface area contributed by atoms with Crippen LogP contribution < -0.4 is 4.90 Å². The molecule has 1 aromatic carbocycles. The van der Waals surface area contributed by atoms with E-state index < -0.39 is 0 Å². The number of likely N-dealkylation sites (N-methyl/N-ethyl adjacent to an activating group) is 1. The minimum Gasteiger partial charge on any atom is -0.382 e. The summed E-state index contributed by atoms with van der Waals surface area (Å²) in [6, 6.07) is 11.1. The molecule has 88 valence electrons. The number of benzene rings is 1. The van der Waals surface area contributed by atoms with Crippen LogP contribution in [0.15, 0.2) is 42.1 Å². The Kier molecular flexibility index (Phi) is 4.29. The second kappa shape index (κ2) is 5.71. The third-order valence-corrected chi connectivity index (χ3v) is 2.19. The van der Waals surface area contributed by atoms with Crippen LogP contribution in [0.4, 0.5) is 5.69 Å². The van der Waals surface area contributed by atoms with Gasteiger partial charge in [0.15, 0.2) is 0 Å². The molecule has 0 aliphatic heterocycles. The molecule has 1 aromatic rings. The highest BCUT2D eigenvalue weighted by Crippen LogP contribution is 2.13. The molecule has 0 aliphatic rings. The van der Waals surface area contributed by atoms with E-state index in [0.717, 1.165) is 5.69 Å². The van der Waals surface area contributed by atoms with E-state index in [0.29, 0.717) is 0 Å². The molecular weight excluding hydrogens is 214 g/mol. The van der Waals surface area contributed by atoms with Crippen LogP contribution in [0.5, 0.6) is 0 Å². The van der Waals surface area contributed by atoms with Crippen molar-refractivity contribution in [1.29, 1.82) is 5.26 Å². The Bertz CT molecular complexity index is 457. The minimum atomic E-state index is -0.313. The lowest BCUT2D eigenvalue weighted by atomic mass is 10.2. The van der Waals surface area contributed by atoms with Crippen molar-refractivity contribution in [3.63, 3.8) is 0 Å². The second-order valence-electron chi connectivity index (χ2n) is 3.82. The average molecular weight is 229 g/mol. The number of anilines is 1. The van der Waals surface area contributed by atoms with Gasteiger partial charge in [0.25, 0.3) is 5.91 Å². The summed E-state index contributed by atoms with van der Waals surface area (Å²) in [6.45, 7) is 0. The highest BCUT2D eigenvalue weighted by Gasteiger charge is 2.15. The Hall–Kier alpha value is -2.28. The van der Waals surface area contributed by atoms with Gasteiger partial charge in [-0.15, -0.1) is 0 Å². The number of nitriles is 1. The fourth-order valence-corrected chi connectivity index (χ4v) is 1.34. The monoisotopic (exact) mass is 229 g/mol. The number of hydrogen-bond donors (Lipinski definition) is 0. The van der Waals surface area contributed by atoms with Gasteiger partial charge in [0, 0.05) is 33.0 Å². The van der Waals surface area contributed by atoms with Crippen molar-refractivity contribution in [2.24, 2.45) is 0 Å². The number of para-hydroxylation sites is 1. The van der Waals surface area contributed by atoms with Gasteiger partial charge < -0.3 is 9.80 Å². The molecule has 0 spiro atoms. The van der Waals surface area contributed by atoms with Crippen LogP contribution in [0, 0.1) is 11.3 Å². The molecule has 0 bridgehead atoms. The van der Waals surface area contributed by atoms with Crippen molar-refractivity contribution in [2.45, 2.75) is 0 Å². The first kappa shape index (κ1) is 12.8. The average Bonchev–Trinajstić information content (AvgIpc) is 2.35. The normalized spacial score (nSPS) is 10.6. The molecule has 0 atom stereocenters. The number of rotatable bonds is 3. The van der Waals surface area contributed by atoms with Crippen molar-refractivity contribution >= 4 is 11.6 Å². The number of amides is 1. The zero-order valence-electron chi connectivity index (χ0n) is 10.2. The zero-order chi connectivity index (χ0) is 12.8. The van der Waals surface area contributed by atoms with Gasteiger partial charge in [-0.1, -0.05) is 18.2 Å². The van der Waals surface area contributed by atoms with E-state index in [4.69, 9.17) is 5.26 Å². The van der Waals surface area contributed by atoms with Gasteiger partial charge in [0.2, 0.25) is 0 Å². The van der Waals surface area contributed by atoms with E-state index >= 15 is 0 Å². The van der Waals surface area contributed by atoms with E-state index in [2.05, 4.69) is 0 Å². The summed E-state index contributed by atoms with van der Waals surface area (Å²) >= 11 is 0. The van der Waals surface area contributed by atoms with E-state index in [1.54, 1.807) is 26.0 Å². The van der Waals surface area contributed by atoms with Crippen LogP contribution in [0.1, 0.15) is 0 Å². The molecule has 0 unspecified atom stereocenters. The molecule has 4 nitrogen and oxygen atoms in total. The van der Waals surface area contributed by atoms with Crippen molar-refractivity contribution in [3.8, 4) is 6.07 Å². The van der Waals surface area contributed by atoms with Crippen LogP contribution in [0.2, 0.25) is 0 Å². The van der Waals surface area contributed by atoms with E-state index in [-0.39, 0.29) is 11.5 Å². The standard InChI is InChI=1S/C13H15N3O/c1-15(2)10-11(9-14)13(17)16(3)12-7-5-4-6-8-12/h4-8,10H,1-3H3/b11-10+. The Morgan fingerprint density at radius 1 is 1.24 bits per heavy atom. The minimum absolute atomic E-state index is 0.112. The summed E-state index contributed by atoms with van der Waals surface area (Å²) in [5, 5.41) is 8.95. The maximum atomic E-state index is 12.0. The summed E-state index contributed by atoms with van der Waals surface area (Å²) in [6.07, 6.45) is 1.52. The molecule has 4 heteroatoms. The van der Waals surface area contributed by atoms with Gasteiger partial charge in [0.05, 0.1) is 0 Å². The van der Waals surface area contributed by atoms with Gasteiger partial charge in [-0.3, -0.25) is 4.79 Å². The van der Waals surface area contributed by atoms with Crippen LogP contribution >= 0.6 is 0 Å². The number of carbonyl (C=O) groups is 1. The smallest absolute Gasteiger partial charge is 0.270 e. The molecule has 0 aromatic heterocycles. The molecule has 1 amide bonds. The Morgan fingerprint density at radius 3 is 2.29 bits per heavy atom. The van der Waals surface area contributed by atoms with Gasteiger partial charge in [-0.25, -0.2) is 0 Å².